The number of benzene rings is 1. The van der Waals surface area contributed by atoms with Gasteiger partial charge >= 0.3 is 5.97 Å². The first-order chi connectivity index (χ1) is 9.11. The van der Waals surface area contributed by atoms with Crippen molar-refractivity contribution in [3.8, 4) is 0 Å². The smallest absolute Gasteiger partial charge is 0.325 e. The van der Waals surface area contributed by atoms with Gasteiger partial charge < -0.3 is 14.7 Å². The average Bonchev–Trinajstić information content (AvgIpc) is 2.38. The van der Waals surface area contributed by atoms with E-state index in [1.54, 1.807) is 12.1 Å². The number of nitrogens with one attached hydrogen (secondary N) is 1. The summed E-state index contributed by atoms with van der Waals surface area (Å²) in [5.74, 6) is -0.875. The van der Waals surface area contributed by atoms with Crippen LogP contribution in [0.25, 0.3) is 0 Å². The van der Waals surface area contributed by atoms with Crippen LogP contribution in [0.4, 0.5) is 0 Å². The number of rotatable bonds is 9. The van der Waals surface area contributed by atoms with Crippen LogP contribution in [0.3, 0.4) is 0 Å². The summed E-state index contributed by atoms with van der Waals surface area (Å²) >= 11 is 0. The second-order valence-electron chi connectivity index (χ2n) is 4.55. The van der Waals surface area contributed by atoms with Crippen LogP contribution in [0.1, 0.15) is 11.6 Å². The molecular formula is C14H22N2O3. The molecule has 2 N–H and O–H groups in total. The first-order valence-corrected chi connectivity index (χ1v) is 6.35. The fourth-order valence-electron chi connectivity index (χ4n) is 1.62. The third-order valence-electron chi connectivity index (χ3n) is 2.66. The number of carbonyl (C=O) groups is 1. The molecule has 1 aromatic carbocycles. The zero-order valence-corrected chi connectivity index (χ0v) is 11.5. The summed E-state index contributed by atoms with van der Waals surface area (Å²) in [6, 6.07) is 8.46. The molecule has 0 saturated heterocycles. The van der Waals surface area contributed by atoms with Gasteiger partial charge in [0.1, 0.15) is 6.04 Å². The van der Waals surface area contributed by atoms with Crippen LogP contribution in [-0.4, -0.2) is 56.4 Å². The fraction of sp³-hybridized carbons (Fsp3) is 0.500. The van der Waals surface area contributed by atoms with Gasteiger partial charge in [0, 0.05) is 13.1 Å². The highest BCUT2D eigenvalue weighted by Gasteiger charge is 2.18. The molecule has 0 fully saturated rings. The number of nitrogens with zero attached hydrogens (tertiary/aromatic N) is 1. The van der Waals surface area contributed by atoms with Crippen LogP contribution < -0.4 is 5.32 Å². The monoisotopic (exact) mass is 266 g/mol. The van der Waals surface area contributed by atoms with Crippen LogP contribution in [0, 0.1) is 0 Å². The summed E-state index contributed by atoms with van der Waals surface area (Å²) in [5, 5.41) is 12.2. The van der Waals surface area contributed by atoms with Crippen LogP contribution in [0.5, 0.6) is 0 Å². The van der Waals surface area contributed by atoms with Crippen LogP contribution in [-0.2, 0) is 9.53 Å². The molecule has 0 heterocycles. The molecule has 0 radical (unpaired) electrons. The SMILES string of the molecule is CN(C)CCOCCNC(C(=O)O)c1ccccc1. The van der Waals surface area contributed by atoms with E-state index in [2.05, 4.69) is 5.32 Å². The Morgan fingerprint density at radius 1 is 1.32 bits per heavy atom. The zero-order chi connectivity index (χ0) is 14.1. The van der Waals surface area contributed by atoms with Crippen molar-refractivity contribution in [3.63, 3.8) is 0 Å². The lowest BCUT2D eigenvalue weighted by molar-refractivity contribution is -0.139. The van der Waals surface area contributed by atoms with E-state index in [4.69, 9.17) is 4.74 Å². The number of ether oxygens (including phenoxy) is 1. The van der Waals surface area contributed by atoms with Crippen molar-refractivity contribution in [2.24, 2.45) is 0 Å². The van der Waals surface area contributed by atoms with Crippen molar-refractivity contribution >= 4 is 5.97 Å². The van der Waals surface area contributed by atoms with E-state index >= 15 is 0 Å². The second-order valence-corrected chi connectivity index (χ2v) is 4.55. The minimum Gasteiger partial charge on any atom is -0.480 e. The number of carboxylic acids is 1. The largest absolute Gasteiger partial charge is 0.480 e. The van der Waals surface area contributed by atoms with E-state index in [1.807, 2.05) is 37.2 Å². The molecule has 0 aliphatic rings. The molecule has 0 saturated carbocycles. The van der Waals surface area contributed by atoms with Gasteiger partial charge in [-0.05, 0) is 19.7 Å². The minimum atomic E-state index is -0.875. The molecule has 0 amide bonds. The van der Waals surface area contributed by atoms with E-state index < -0.39 is 12.0 Å². The molecule has 5 nitrogen and oxygen atoms in total. The molecule has 0 aromatic heterocycles. The Hall–Kier alpha value is -1.43. The lowest BCUT2D eigenvalue weighted by Gasteiger charge is -2.15. The maximum atomic E-state index is 11.2. The zero-order valence-electron chi connectivity index (χ0n) is 11.5. The molecule has 1 atom stereocenters. The van der Waals surface area contributed by atoms with E-state index in [9.17, 15) is 9.90 Å². The van der Waals surface area contributed by atoms with Gasteiger partial charge in [-0.1, -0.05) is 30.3 Å². The van der Waals surface area contributed by atoms with Crippen LogP contribution >= 0.6 is 0 Å². The summed E-state index contributed by atoms with van der Waals surface area (Å²) in [5.41, 5.74) is 0.753. The van der Waals surface area contributed by atoms with Gasteiger partial charge in [0.2, 0.25) is 0 Å². The van der Waals surface area contributed by atoms with Gasteiger partial charge in [-0.3, -0.25) is 10.1 Å². The van der Waals surface area contributed by atoms with E-state index in [1.165, 1.54) is 0 Å². The molecule has 0 aliphatic carbocycles. The highest BCUT2D eigenvalue weighted by molar-refractivity contribution is 5.75. The summed E-state index contributed by atoms with van der Waals surface area (Å²) in [4.78, 5) is 13.2. The van der Waals surface area contributed by atoms with E-state index in [-0.39, 0.29) is 0 Å². The summed E-state index contributed by atoms with van der Waals surface area (Å²) in [7, 11) is 3.97. The second kappa shape index (κ2) is 8.63. The third-order valence-corrected chi connectivity index (χ3v) is 2.66. The van der Waals surface area contributed by atoms with Gasteiger partial charge in [-0.25, -0.2) is 0 Å². The Kier molecular flexibility index (Phi) is 7.10. The van der Waals surface area contributed by atoms with E-state index in [0.717, 1.165) is 12.1 Å². The fourth-order valence-corrected chi connectivity index (χ4v) is 1.62. The average molecular weight is 266 g/mol. The predicted molar refractivity (Wildman–Crippen MR) is 74.2 cm³/mol. The normalized spacial score (nSPS) is 12.6. The maximum Gasteiger partial charge on any atom is 0.325 e. The highest BCUT2D eigenvalue weighted by atomic mass is 16.5. The van der Waals surface area contributed by atoms with Gasteiger partial charge in [0.15, 0.2) is 0 Å². The summed E-state index contributed by atoms with van der Waals surface area (Å²) in [6.07, 6.45) is 0. The Bertz CT molecular complexity index is 368. The van der Waals surface area contributed by atoms with E-state index in [0.29, 0.717) is 19.8 Å². The first-order valence-electron chi connectivity index (χ1n) is 6.35. The number of aliphatic carboxylic acids is 1. The van der Waals surface area contributed by atoms with Crippen LogP contribution in [0.15, 0.2) is 30.3 Å². The van der Waals surface area contributed by atoms with Gasteiger partial charge in [-0.2, -0.15) is 0 Å². The van der Waals surface area contributed by atoms with Gasteiger partial charge in [-0.15, -0.1) is 0 Å². The van der Waals surface area contributed by atoms with Crippen molar-refractivity contribution in [3.05, 3.63) is 35.9 Å². The molecule has 1 rings (SSSR count). The van der Waals surface area contributed by atoms with Gasteiger partial charge in [0.05, 0.1) is 13.2 Å². The Labute approximate surface area is 114 Å². The van der Waals surface area contributed by atoms with Crippen molar-refractivity contribution in [1.82, 2.24) is 10.2 Å². The molecular weight excluding hydrogens is 244 g/mol. The minimum absolute atomic E-state index is 0.504. The Morgan fingerprint density at radius 3 is 2.58 bits per heavy atom. The molecule has 1 aromatic rings. The topological polar surface area (TPSA) is 61.8 Å². The van der Waals surface area contributed by atoms with Crippen molar-refractivity contribution in [1.29, 1.82) is 0 Å². The Morgan fingerprint density at radius 2 is 2.00 bits per heavy atom. The van der Waals surface area contributed by atoms with Crippen LogP contribution in [0.2, 0.25) is 0 Å². The number of carboxylic acid groups (broad SMARTS) is 1. The predicted octanol–water partition coefficient (Wildman–Crippen LogP) is 0.980. The van der Waals surface area contributed by atoms with Crippen molar-refractivity contribution in [2.75, 3.05) is 40.4 Å². The molecule has 19 heavy (non-hydrogen) atoms. The van der Waals surface area contributed by atoms with Crippen molar-refractivity contribution < 1.29 is 14.6 Å². The summed E-state index contributed by atoms with van der Waals surface area (Å²) in [6.45, 7) is 2.53. The van der Waals surface area contributed by atoms with Gasteiger partial charge in [0.25, 0.3) is 0 Å². The van der Waals surface area contributed by atoms with Crippen molar-refractivity contribution in [2.45, 2.75) is 6.04 Å². The molecule has 1 unspecified atom stereocenters. The molecule has 0 spiro atoms. The Balaban J connectivity index is 2.30. The number of likely N-dealkylation sites (N-methyl/N-ethyl adjacent to an activating group) is 1. The quantitative estimate of drug-likeness (QED) is 0.652. The molecule has 0 aliphatic heterocycles. The molecule has 106 valence electrons. The lowest BCUT2D eigenvalue weighted by Crippen LogP contribution is -2.31. The summed E-state index contributed by atoms with van der Waals surface area (Å²) < 4.78 is 5.41. The molecule has 0 bridgehead atoms. The lowest BCUT2D eigenvalue weighted by atomic mass is 10.1. The standard InChI is InChI=1S/C14H22N2O3/c1-16(2)9-11-19-10-8-15-13(14(17)18)12-6-4-3-5-7-12/h3-7,13,15H,8-11H2,1-2H3,(H,17,18). The maximum absolute atomic E-state index is 11.2. The highest BCUT2D eigenvalue weighted by Crippen LogP contribution is 2.11. The number of hydrogen-bond donors (Lipinski definition) is 2. The first kappa shape index (κ1) is 15.6. The number of hydrogen-bond acceptors (Lipinski definition) is 4. The third kappa shape index (κ3) is 6.33. The molecule has 5 heteroatoms.